The number of aromatic nitrogens is 2. The molecular weight excluding hydrogens is 230 g/mol. The summed E-state index contributed by atoms with van der Waals surface area (Å²) in [6.07, 6.45) is 4.88. The van der Waals surface area contributed by atoms with Crippen LogP contribution in [0.15, 0.2) is 4.52 Å². The van der Waals surface area contributed by atoms with Crippen LogP contribution in [0.2, 0.25) is 0 Å². The monoisotopic (exact) mass is 251 g/mol. The van der Waals surface area contributed by atoms with E-state index in [0.717, 1.165) is 11.7 Å². The van der Waals surface area contributed by atoms with E-state index in [4.69, 9.17) is 15.0 Å². The minimum absolute atomic E-state index is 0.00956. The molecule has 5 nitrogen and oxygen atoms in total. The zero-order valence-electron chi connectivity index (χ0n) is 10.8. The van der Waals surface area contributed by atoms with Gasteiger partial charge in [0.15, 0.2) is 5.82 Å². The SMILES string of the molecule is CC1CCC(c2noc(C3COCC3N)n2)CC1. The Balaban J connectivity index is 1.69. The van der Waals surface area contributed by atoms with Gasteiger partial charge < -0.3 is 15.0 Å². The third-order valence-corrected chi connectivity index (χ3v) is 4.28. The van der Waals surface area contributed by atoms with Gasteiger partial charge in [-0.15, -0.1) is 0 Å². The van der Waals surface area contributed by atoms with Gasteiger partial charge in [0.25, 0.3) is 0 Å². The molecule has 0 radical (unpaired) electrons. The first-order valence-corrected chi connectivity index (χ1v) is 6.91. The number of ether oxygens (including phenoxy) is 1. The summed E-state index contributed by atoms with van der Waals surface area (Å²) in [5.74, 6) is 2.92. The molecule has 0 bridgehead atoms. The zero-order valence-corrected chi connectivity index (χ0v) is 10.8. The molecule has 2 heterocycles. The summed E-state index contributed by atoms with van der Waals surface area (Å²) in [6, 6.07) is -0.00956. The average molecular weight is 251 g/mol. The molecule has 1 saturated heterocycles. The van der Waals surface area contributed by atoms with Gasteiger partial charge in [0.05, 0.1) is 19.1 Å². The molecule has 1 aromatic rings. The molecule has 0 aromatic carbocycles. The number of nitrogens with zero attached hydrogens (tertiary/aromatic N) is 2. The van der Waals surface area contributed by atoms with Crippen LogP contribution in [-0.4, -0.2) is 29.4 Å². The molecule has 2 fully saturated rings. The Morgan fingerprint density at radius 1 is 1.17 bits per heavy atom. The molecule has 0 amide bonds. The van der Waals surface area contributed by atoms with Crippen LogP contribution in [-0.2, 0) is 4.74 Å². The summed E-state index contributed by atoms with van der Waals surface area (Å²) >= 11 is 0. The summed E-state index contributed by atoms with van der Waals surface area (Å²) in [5.41, 5.74) is 5.96. The zero-order chi connectivity index (χ0) is 12.5. The molecule has 100 valence electrons. The van der Waals surface area contributed by atoms with Crippen molar-refractivity contribution >= 4 is 0 Å². The van der Waals surface area contributed by atoms with Crippen LogP contribution in [0.3, 0.4) is 0 Å². The maximum absolute atomic E-state index is 5.96. The van der Waals surface area contributed by atoms with Crippen LogP contribution in [0, 0.1) is 5.92 Å². The highest BCUT2D eigenvalue weighted by atomic mass is 16.5. The van der Waals surface area contributed by atoms with Crippen molar-refractivity contribution in [2.24, 2.45) is 11.7 Å². The molecule has 5 heteroatoms. The van der Waals surface area contributed by atoms with Crippen molar-refractivity contribution in [3.05, 3.63) is 11.7 Å². The first-order valence-electron chi connectivity index (χ1n) is 6.91. The number of nitrogens with two attached hydrogens (primary N) is 1. The molecule has 2 N–H and O–H groups in total. The Morgan fingerprint density at radius 2 is 1.94 bits per heavy atom. The molecule has 0 spiro atoms. The van der Waals surface area contributed by atoms with Crippen molar-refractivity contribution in [2.75, 3.05) is 13.2 Å². The predicted octanol–water partition coefficient (Wildman–Crippen LogP) is 1.80. The second-order valence-corrected chi connectivity index (χ2v) is 5.76. The van der Waals surface area contributed by atoms with Crippen molar-refractivity contribution in [1.82, 2.24) is 10.1 Å². The van der Waals surface area contributed by atoms with E-state index in [0.29, 0.717) is 25.0 Å². The lowest BCUT2D eigenvalue weighted by Gasteiger charge is -2.23. The molecule has 3 rings (SSSR count). The highest BCUT2D eigenvalue weighted by Gasteiger charge is 2.32. The predicted molar refractivity (Wildman–Crippen MR) is 66.2 cm³/mol. The third kappa shape index (κ3) is 2.29. The van der Waals surface area contributed by atoms with Crippen LogP contribution in [0.4, 0.5) is 0 Å². The smallest absolute Gasteiger partial charge is 0.233 e. The normalized spacial score (nSPS) is 37.0. The number of hydrogen-bond acceptors (Lipinski definition) is 5. The minimum Gasteiger partial charge on any atom is -0.379 e. The van der Waals surface area contributed by atoms with Crippen molar-refractivity contribution in [3.8, 4) is 0 Å². The van der Waals surface area contributed by atoms with Crippen LogP contribution in [0.25, 0.3) is 0 Å². The highest BCUT2D eigenvalue weighted by molar-refractivity contribution is 5.04. The van der Waals surface area contributed by atoms with Gasteiger partial charge in [0.2, 0.25) is 5.89 Å². The fraction of sp³-hybridized carbons (Fsp3) is 0.846. The van der Waals surface area contributed by atoms with Gasteiger partial charge in [0.1, 0.15) is 0 Å². The van der Waals surface area contributed by atoms with Crippen LogP contribution >= 0.6 is 0 Å². The van der Waals surface area contributed by atoms with E-state index < -0.39 is 0 Å². The molecule has 1 aliphatic heterocycles. The fourth-order valence-electron chi connectivity index (χ4n) is 2.91. The lowest BCUT2D eigenvalue weighted by atomic mass is 9.83. The van der Waals surface area contributed by atoms with Crippen molar-refractivity contribution in [2.45, 2.75) is 50.5 Å². The quantitative estimate of drug-likeness (QED) is 0.867. The standard InChI is InChI=1S/C13H21N3O2/c1-8-2-4-9(5-3-8)12-15-13(18-16-12)10-6-17-7-11(10)14/h8-11H,2-7,14H2,1H3. The summed E-state index contributed by atoms with van der Waals surface area (Å²) < 4.78 is 10.7. The van der Waals surface area contributed by atoms with E-state index in [1.807, 2.05) is 0 Å². The van der Waals surface area contributed by atoms with E-state index in [9.17, 15) is 0 Å². The number of rotatable bonds is 2. The Morgan fingerprint density at radius 3 is 2.61 bits per heavy atom. The third-order valence-electron chi connectivity index (χ3n) is 4.28. The molecule has 2 atom stereocenters. The lowest BCUT2D eigenvalue weighted by molar-refractivity contribution is 0.187. The fourth-order valence-corrected chi connectivity index (χ4v) is 2.91. The summed E-state index contributed by atoms with van der Waals surface area (Å²) in [5, 5.41) is 4.15. The molecule has 2 aliphatic rings. The van der Waals surface area contributed by atoms with Crippen LogP contribution in [0.1, 0.15) is 56.2 Å². The Labute approximate surface area is 107 Å². The van der Waals surface area contributed by atoms with Crippen molar-refractivity contribution in [1.29, 1.82) is 0 Å². The molecule has 2 unspecified atom stereocenters. The lowest BCUT2D eigenvalue weighted by Crippen LogP contribution is -2.27. The van der Waals surface area contributed by atoms with Gasteiger partial charge in [-0.25, -0.2) is 0 Å². The van der Waals surface area contributed by atoms with Gasteiger partial charge in [-0.3, -0.25) is 0 Å². The second kappa shape index (κ2) is 4.97. The maximum atomic E-state index is 5.96. The van der Waals surface area contributed by atoms with Crippen LogP contribution < -0.4 is 5.73 Å². The van der Waals surface area contributed by atoms with E-state index in [1.54, 1.807) is 0 Å². The first kappa shape index (κ1) is 12.1. The van der Waals surface area contributed by atoms with E-state index in [2.05, 4.69) is 17.1 Å². The second-order valence-electron chi connectivity index (χ2n) is 5.76. The van der Waals surface area contributed by atoms with Gasteiger partial charge in [0, 0.05) is 12.0 Å². The topological polar surface area (TPSA) is 74.2 Å². The summed E-state index contributed by atoms with van der Waals surface area (Å²) in [4.78, 5) is 4.55. The van der Waals surface area contributed by atoms with Gasteiger partial charge >= 0.3 is 0 Å². The number of hydrogen-bond donors (Lipinski definition) is 1. The Kier molecular flexibility index (Phi) is 3.35. The van der Waals surface area contributed by atoms with E-state index in [1.165, 1.54) is 25.7 Å². The molecule has 1 aliphatic carbocycles. The largest absolute Gasteiger partial charge is 0.379 e. The molecule has 18 heavy (non-hydrogen) atoms. The minimum atomic E-state index is -0.00956. The van der Waals surface area contributed by atoms with E-state index in [-0.39, 0.29) is 12.0 Å². The Bertz CT molecular complexity index is 399. The molecule has 1 aromatic heterocycles. The first-order chi connectivity index (χ1) is 8.74. The maximum Gasteiger partial charge on any atom is 0.233 e. The van der Waals surface area contributed by atoms with Crippen molar-refractivity contribution in [3.63, 3.8) is 0 Å². The average Bonchev–Trinajstić information content (AvgIpc) is 2.98. The van der Waals surface area contributed by atoms with E-state index >= 15 is 0 Å². The molecule has 1 saturated carbocycles. The van der Waals surface area contributed by atoms with Crippen LogP contribution in [0.5, 0.6) is 0 Å². The van der Waals surface area contributed by atoms with Gasteiger partial charge in [-0.05, 0) is 18.8 Å². The summed E-state index contributed by atoms with van der Waals surface area (Å²) in [6.45, 7) is 3.50. The Hall–Kier alpha value is -0.940. The van der Waals surface area contributed by atoms with Crippen molar-refractivity contribution < 1.29 is 9.26 Å². The van der Waals surface area contributed by atoms with Gasteiger partial charge in [-0.1, -0.05) is 24.9 Å². The van der Waals surface area contributed by atoms with Gasteiger partial charge in [-0.2, -0.15) is 4.98 Å². The summed E-state index contributed by atoms with van der Waals surface area (Å²) in [7, 11) is 0. The molecular formula is C13H21N3O2. The highest BCUT2D eigenvalue weighted by Crippen LogP contribution is 2.35.